The lowest BCUT2D eigenvalue weighted by Gasteiger charge is -2.04. The van der Waals surface area contributed by atoms with Crippen molar-refractivity contribution in [1.29, 1.82) is 0 Å². The SMILES string of the molecule is Cc1n[nH]c(C)c1C(O)C(=O)O. The van der Waals surface area contributed by atoms with Crippen molar-refractivity contribution in [1.82, 2.24) is 10.2 Å². The molecule has 1 atom stereocenters. The van der Waals surface area contributed by atoms with Gasteiger partial charge in [-0.1, -0.05) is 0 Å². The first-order valence-electron chi connectivity index (χ1n) is 3.46. The van der Waals surface area contributed by atoms with Gasteiger partial charge in [0.1, 0.15) is 0 Å². The second-order valence-electron chi connectivity index (χ2n) is 2.59. The molecule has 66 valence electrons. The summed E-state index contributed by atoms with van der Waals surface area (Å²) in [5.74, 6) is -1.26. The van der Waals surface area contributed by atoms with E-state index in [9.17, 15) is 9.90 Å². The summed E-state index contributed by atoms with van der Waals surface area (Å²) in [6.45, 7) is 3.31. The number of hydrogen-bond acceptors (Lipinski definition) is 3. The molecule has 0 aromatic carbocycles. The number of aliphatic carboxylic acids is 1. The molecule has 0 saturated carbocycles. The fourth-order valence-corrected chi connectivity index (χ4v) is 1.09. The highest BCUT2D eigenvalue weighted by molar-refractivity contribution is 5.74. The highest BCUT2D eigenvalue weighted by atomic mass is 16.4. The number of aliphatic hydroxyl groups excluding tert-OH is 1. The molecular formula is C7H10N2O3. The third kappa shape index (κ3) is 1.31. The van der Waals surface area contributed by atoms with Gasteiger partial charge in [0.15, 0.2) is 6.10 Å². The van der Waals surface area contributed by atoms with E-state index in [0.29, 0.717) is 17.0 Å². The molecule has 5 heteroatoms. The predicted molar refractivity (Wildman–Crippen MR) is 40.7 cm³/mol. The van der Waals surface area contributed by atoms with E-state index in [0.717, 1.165) is 0 Å². The Kier molecular flexibility index (Phi) is 2.14. The van der Waals surface area contributed by atoms with Gasteiger partial charge in [0, 0.05) is 11.3 Å². The van der Waals surface area contributed by atoms with Crippen molar-refractivity contribution in [3.63, 3.8) is 0 Å². The van der Waals surface area contributed by atoms with E-state index < -0.39 is 12.1 Å². The number of aromatic amines is 1. The zero-order chi connectivity index (χ0) is 9.30. The number of carboxylic acids is 1. The lowest BCUT2D eigenvalue weighted by atomic mass is 10.1. The molecule has 5 nitrogen and oxygen atoms in total. The maximum Gasteiger partial charge on any atom is 0.337 e. The van der Waals surface area contributed by atoms with Crippen molar-refractivity contribution in [2.24, 2.45) is 0 Å². The van der Waals surface area contributed by atoms with Crippen LogP contribution >= 0.6 is 0 Å². The largest absolute Gasteiger partial charge is 0.479 e. The van der Waals surface area contributed by atoms with E-state index in [4.69, 9.17) is 5.11 Å². The third-order valence-corrected chi connectivity index (χ3v) is 1.69. The van der Waals surface area contributed by atoms with Gasteiger partial charge in [-0.3, -0.25) is 5.10 Å². The summed E-state index contributed by atoms with van der Waals surface area (Å²) in [6, 6.07) is 0. The van der Waals surface area contributed by atoms with Crippen LogP contribution in [0.3, 0.4) is 0 Å². The summed E-state index contributed by atoms with van der Waals surface area (Å²) in [6.07, 6.45) is -1.48. The third-order valence-electron chi connectivity index (χ3n) is 1.69. The molecular weight excluding hydrogens is 160 g/mol. The van der Waals surface area contributed by atoms with Gasteiger partial charge in [-0.05, 0) is 13.8 Å². The predicted octanol–water partition coefficient (Wildman–Crippen LogP) is 0.145. The normalized spacial score (nSPS) is 12.9. The number of nitrogens with one attached hydrogen (secondary N) is 1. The zero-order valence-corrected chi connectivity index (χ0v) is 6.83. The lowest BCUT2D eigenvalue weighted by Crippen LogP contribution is -2.11. The minimum absolute atomic E-state index is 0.350. The van der Waals surface area contributed by atoms with Crippen molar-refractivity contribution in [2.75, 3.05) is 0 Å². The minimum atomic E-state index is -1.48. The smallest absolute Gasteiger partial charge is 0.337 e. The first kappa shape index (κ1) is 8.73. The summed E-state index contributed by atoms with van der Waals surface area (Å²) in [5, 5.41) is 24.1. The van der Waals surface area contributed by atoms with Crippen molar-refractivity contribution < 1.29 is 15.0 Å². The van der Waals surface area contributed by atoms with Crippen LogP contribution in [0.5, 0.6) is 0 Å². The Hall–Kier alpha value is -1.36. The zero-order valence-electron chi connectivity index (χ0n) is 6.83. The molecule has 1 unspecified atom stereocenters. The standard InChI is InChI=1S/C7H10N2O3/c1-3-5(4(2)9-8-3)6(10)7(11)12/h6,10H,1-2H3,(H,8,9)(H,11,12). The Balaban J connectivity index is 3.08. The van der Waals surface area contributed by atoms with Crippen molar-refractivity contribution in [3.05, 3.63) is 17.0 Å². The van der Waals surface area contributed by atoms with Crippen LogP contribution in [-0.2, 0) is 4.79 Å². The van der Waals surface area contributed by atoms with Crippen LogP contribution in [0.15, 0.2) is 0 Å². The molecule has 0 spiro atoms. The van der Waals surface area contributed by atoms with E-state index >= 15 is 0 Å². The highest BCUT2D eigenvalue weighted by Gasteiger charge is 2.22. The molecule has 1 rings (SSSR count). The molecule has 0 saturated heterocycles. The van der Waals surface area contributed by atoms with E-state index in [2.05, 4.69) is 10.2 Å². The number of rotatable bonds is 2. The van der Waals surface area contributed by atoms with E-state index in [1.165, 1.54) is 0 Å². The van der Waals surface area contributed by atoms with Gasteiger partial charge < -0.3 is 10.2 Å². The number of hydrogen-bond donors (Lipinski definition) is 3. The molecule has 3 N–H and O–H groups in total. The van der Waals surface area contributed by atoms with Gasteiger partial charge in [0.05, 0.1) is 5.69 Å². The molecule has 0 aliphatic carbocycles. The van der Waals surface area contributed by atoms with Crippen LogP contribution in [0.2, 0.25) is 0 Å². The first-order valence-corrected chi connectivity index (χ1v) is 3.46. The topological polar surface area (TPSA) is 86.2 Å². The van der Waals surface area contributed by atoms with Gasteiger partial charge in [-0.15, -0.1) is 0 Å². The fraction of sp³-hybridized carbons (Fsp3) is 0.429. The molecule has 0 radical (unpaired) electrons. The van der Waals surface area contributed by atoms with Gasteiger partial charge >= 0.3 is 5.97 Å². The van der Waals surface area contributed by atoms with E-state index in [-0.39, 0.29) is 0 Å². The molecule has 0 amide bonds. The average Bonchev–Trinajstić information content (AvgIpc) is 2.30. The Morgan fingerprint density at radius 2 is 2.17 bits per heavy atom. The first-order chi connectivity index (χ1) is 5.54. The summed E-state index contributed by atoms with van der Waals surface area (Å²) in [7, 11) is 0. The average molecular weight is 170 g/mol. The molecule has 0 fully saturated rings. The van der Waals surface area contributed by atoms with E-state index in [1.807, 2.05) is 0 Å². The molecule has 0 aliphatic rings. The fourth-order valence-electron chi connectivity index (χ4n) is 1.09. The summed E-state index contributed by atoms with van der Waals surface area (Å²) < 4.78 is 0. The Bertz CT molecular complexity index is 286. The molecule has 0 bridgehead atoms. The molecule has 1 aromatic rings. The number of carbonyl (C=O) groups is 1. The number of aryl methyl sites for hydroxylation is 2. The van der Waals surface area contributed by atoms with Crippen LogP contribution < -0.4 is 0 Å². The summed E-state index contributed by atoms with van der Waals surface area (Å²) in [4.78, 5) is 10.4. The Morgan fingerprint density at radius 1 is 1.58 bits per heavy atom. The number of H-pyrrole nitrogens is 1. The monoisotopic (exact) mass is 170 g/mol. The molecule has 1 aromatic heterocycles. The van der Waals surface area contributed by atoms with Crippen LogP contribution in [0.4, 0.5) is 0 Å². The molecule has 12 heavy (non-hydrogen) atoms. The summed E-state index contributed by atoms with van der Waals surface area (Å²) in [5.41, 5.74) is 1.45. The van der Waals surface area contributed by atoms with Crippen molar-refractivity contribution in [2.45, 2.75) is 20.0 Å². The number of carboxylic acid groups (broad SMARTS) is 1. The van der Waals surface area contributed by atoms with Crippen LogP contribution in [0.25, 0.3) is 0 Å². The van der Waals surface area contributed by atoms with Crippen LogP contribution in [0, 0.1) is 13.8 Å². The lowest BCUT2D eigenvalue weighted by molar-refractivity contribution is -0.147. The maximum atomic E-state index is 10.4. The Labute approximate surface area is 69.0 Å². The molecule has 0 aliphatic heterocycles. The number of nitrogens with zero attached hydrogens (tertiary/aromatic N) is 1. The van der Waals surface area contributed by atoms with Crippen molar-refractivity contribution >= 4 is 5.97 Å². The van der Waals surface area contributed by atoms with Gasteiger partial charge in [0.25, 0.3) is 0 Å². The number of aliphatic hydroxyl groups is 1. The molecule has 1 heterocycles. The minimum Gasteiger partial charge on any atom is -0.479 e. The number of aromatic nitrogens is 2. The van der Waals surface area contributed by atoms with E-state index in [1.54, 1.807) is 13.8 Å². The van der Waals surface area contributed by atoms with Crippen LogP contribution in [0.1, 0.15) is 23.1 Å². The van der Waals surface area contributed by atoms with Crippen LogP contribution in [-0.4, -0.2) is 26.4 Å². The van der Waals surface area contributed by atoms with Gasteiger partial charge in [-0.25, -0.2) is 4.79 Å². The van der Waals surface area contributed by atoms with Gasteiger partial charge in [0.2, 0.25) is 0 Å². The van der Waals surface area contributed by atoms with Gasteiger partial charge in [-0.2, -0.15) is 5.10 Å². The maximum absolute atomic E-state index is 10.4. The quantitative estimate of drug-likeness (QED) is 0.589. The second kappa shape index (κ2) is 2.94. The second-order valence-corrected chi connectivity index (χ2v) is 2.59. The summed E-state index contributed by atoms with van der Waals surface area (Å²) >= 11 is 0. The highest BCUT2D eigenvalue weighted by Crippen LogP contribution is 2.18. The Morgan fingerprint density at radius 3 is 2.50 bits per heavy atom. The van der Waals surface area contributed by atoms with Crippen molar-refractivity contribution in [3.8, 4) is 0 Å².